The topological polar surface area (TPSA) is 29.1 Å². The Morgan fingerprint density at radius 2 is 1.95 bits per heavy atom. The normalized spacial score (nSPS) is 11.8. The predicted octanol–water partition coefficient (Wildman–Crippen LogP) is 5.08. The van der Waals surface area contributed by atoms with Crippen molar-refractivity contribution in [3.8, 4) is 0 Å². The van der Waals surface area contributed by atoms with Crippen molar-refractivity contribution in [3.63, 3.8) is 0 Å². The van der Waals surface area contributed by atoms with Crippen molar-refractivity contribution in [2.75, 3.05) is 5.32 Å². The molecular formula is C16H20BrNO. The quantitative estimate of drug-likeness (QED) is 0.727. The van der Waals surface area contributed by atoms with E-state index >= 15 is 0 Å². The fourth-order valence-corrected chi connectivity index (χ4v) is 2.01. The van der Waals surface area contributed by atoms with Crippen molar-refractivity contribution in [2.24, 2.45) is 0 Å². The summed E-state index contributed by atoms with van der Waals surface area (Å²) < 4.78 is 1.01. The van der Waals surface area contributed by atoms with Crippen molar-refractivity contribution < 1.29 is 4.79 Å². The molecule has 0 atom stereocenters. The second-order valence-electron chi connectivity index (χ2n) is 4.24. The molecule has 1 aromatic carbocycles. The second-order valence-corrected chi connectivity index (χ2v) is 5.16. The van der Waals surface area contributed by atoms with Crippen LogP contribution in [0.15, 0.2) is 52.5 Å². The minimum absolute atomic E-state index is 0.0498. The van der Waals surface area contributed by atoms with Gasteiger partial charge in [-0.3, -0.25) is 4.79 Å². The van der Waals surface area contributed by atoms with E-state index in [1.54, 1.807) is 0 Å². The zero-order valence-corrected chi connectivity index (χ0v) is 13.0. The van der Waals surface area contributed by atoms with E-state index in [1.165, 1.54) is 5.57 Å². The second kappa shape index (κ2) is 8.70. The van der Waals surface area contributed by atoms with Crippen molar-refractivity contribution in [2.45, 2.75) is 33.1 Å². The lowest BCUT2D eigenvalue weighted by Crippen LogP contribution is -2.11. The third-order valence-corrected chi connectivity index (χ3v) is 3.14. The maximum Gasteiger partial charge on any atom is 0.224 e. The molecule has 0 radical (unpaired) electrons. The summed E-state index contributed by atoms with van der Waals surface area (Å²) in [5.41, 5.74) is 2.05. The van der Waals surface area contributed by atoms with E-state index < -0.39 is 0 Å². The van der Waals surface area contributed by atoms with E-state index in [1.807, 2.05) is 37.3 Å². The fourth-order valence-electron chi connectivity index (χ4n) is 1.74. The molecule has 3 heteroatoms. The molecule has 0 spiro atoms. The van der Waals surface area contributed by atoms with Gasteiger partial charge in [0.15, 0.2) is 0 Å². The lowest BCUT2D eigenvalue weighted by molar-refractivity contribution is -0.116. The van der Waals surface area contributed by atoms with Crippen molar-refractivity contribution >= 4 is 27.5 Å². The molecule has 0 unspecified atom stereocenters. The molecule has 0 bridgehead atoms. The summed E-state index contributed by atoms with van der Waals surface area (Å²) in [7, 11) is 0. The fraction of sp³-hybridized carbons (Fsp3) is 0.312. The van der Waals surface area contributed by atoms with Gasteiger partial charge in [0.25, 0.3) is 0 Å². The van der Waals surface area contributed by atoms with Gasteiger partial charge in [-0.15, -0.1) is 0 Å². The Kier molecular flexibility index (Phi) is 7.19. The lowest BCUT2D eigenvalue weighted by Gasteiger charge is -2.06. The Morgan fingerprint density at radius 3 is 2.53 bits per heavy atom. The van der Waals surface area contributed by atoms with Crippen LogP contribution in [0, 0.1) is 0 Å². The molecule has 0 saturated carbocycles. The van der Waals surface area contributed by atoms with E-state index in [4.69, 9.17) is 0 Å². The molecule has 19 heavy (non-hydrogen) atoms. The number of hydrogen-bond donors (Lipinski definition) is 1. The highest BCUT2D eigenvalue weighted by Gasteiger charge is 2.03. The van der Waals surface area contributed by atoms with E-state index in [0.29, 0.717) is 6.42 Å². The third-order valence-electron chi connectivity index (χ3n) is 2.62. The van der Waals surface area contributed by atoms with Gasteiger partial charge >= 0.3 is 0 Å². The van der Waals surface area contributed by atoms with Gasteiger partial charge in [-0.25, -0.2) is 0 Å². The number of carbonyl (C=O) groups is 1. The zero-order chi connectivity index (χ0) is 14.1. The average molecular weight is 322 g/mol. The van der Waals surface area contributed by atoms with E-state index in [0.717, 1.165) is 23.0 Å². The van der Waals surface area contributed by atoms with Crippen molar-refractivity contribution in [3.05, 3.63) is 52.5 Å². The highest BCUT2D eigenvalue weighted by atomic mass is 79.9. The Morgan fingerprint density at radius 1 is 1.26 bits per heavy atom. The predicted molar refractivity (Wildman–Crippen MR) is 85.2 cm³/mol. The average Bonchev–Trinajstić information content (AvgIpc) is 2.39. The van der Waals surface area contributed by atoms with E-state index in [9.17, 15) is 4.79 Å². The molecule has 1 N–H and O–H groups in total. The van der Waals surface area contributed by atoms with Gasteiger partial charge in [0.1, 0.15) is 0 Å². The van der Waals surface area contributed by atoms with Crippen LogP contribution in [0.1, 0.15) is 33.1 Å². The maximum atomic E-state index is 11.8. The van der Waals surface area contributed by atoms with Gasteiger partial charge in [-0.2, -0.15) is 0 Å². The summed E-state index contributed by atoms with van der Waals surface area (Å²) in [6, 6.07) is 7.60. The summed E-state index contributed by atoms with van der Waals surface area (Å²) in [6.07, 6.45) is 8.51. The van der Waals surface area contributed by atoms with Crippen LogP contribution in [0.25, 0.3) is 0 Å². The Bertz CT molecular complexity index is 460. The molecule has 0 aliphatic carbocycles. The van der Waals surface area contributed by atoms with Crippen LogP contribution in [0.3, 0.4) is 0 Å². The summed E-state index contributed by atoms with van der Waals surface area (Å²) in [4.78, 5) is 11.8. The molecule has 102 valence electrons. The summed E-state index contributed by atoms with van der Waals surface area (Å²) in [6.45, 7) is 4.09. The molecule has 0 fully saturated rings. The number of benzene rings is 1. The largest absolute Gasteiger partial charge is 0.326 e. The Labute approximate surface area is 123 Å². The van der Waals surface area contributed by atoms with Crippen LogP contribution in [0.4, 0.5) is 5.69 Å². The molecule has 1 rings (SSSR count). The molecule has 2 nitrogen and oxygen atoms in total. The first-order chi connectivity index (χ1) is 9.15. The first-order valence-corrected chi connectivity index (χ1v) is 7.32. The van der Waals surface area contributed by atoms with Crippen LogP contribution in [0.2, 0.25) is 0 Å². The molecule has 1 amide bonds. The van der Waals surface area contributed by atoms with Crippen LogP contribution < -0.4 is 5.32 Å². The number of nitrogens with one attached hydrogen (secondary N) is 1. The van der Waals surface area contributed by atoms with Gasteiger partial charge < -0.3 is 5.32 Å². The minimum Gasteiger partial charge on any atom is -0.326 e. The van der Waals surface area contributed by atoms with E-state index in [2.05, 4.69) is 40.3 Å². The molecule has 0 aliphatic rings. The third kappa shape index (κ3) is 6.39. The number of amides is 1. The molecule has 1 aromatic rings. The van der Waals surface area contributed by atoms with Crippen molar-refractivity contribution in [1.29, 1.82) is 0 Å². The monoisotopic (exact) mass is 321 g/mol. The van der Waals surface area contributed by atoms with E-state index in [-0.39, 0.29) is 5.91 Å². The summed E-state index contributed by atoms with van der Waals surface area (Å²) in [5, 5.41) is 2.90. The first-order valence-electron chi connectivity index (χ1n) is 6.52. The zero-order valence-electron chi connectivity index (χ0n) is 11.4. The summed E-state index contributed by atoms with van der Waals surface area (Å²) in [5.74, 6) is 0.0498. The summed E-state index contributed by atoms with van der Waals surface area (Å²) >= 11 is 3.37. The smallest absolute Gasteiger partial charge is 0.224 e. The molecule has 0 saturated heterocycles. The maximum absolute atomic E-state index is 11.8. The molecule has 0 heterocycles. The van der Waals surface area contributed by atoms with Crippen LogP contribution in [-0.2, 0) is 4.79 Å². The molecule has 0 aromatic heterocycles. The number of anilines is 1. The number of allylic oxidation sites excluding steroid dienone is 4. The number of carbonyl (C=O) groups excluding carboxylic acids is 1. The number of halogens is 1. The highest BCUT2D eigenvalue weighted by Crippen LogP contribution is 2.15. The standard InChI is InChI=1S/C16H20BrNO/c1-3-5-13(6-4-2)7-12-16(19)18-15-10-8-14(17)9-11-15/h3,5-6,8-11H,4,7,12H2,1-2H3,(H,18,19)/b5-3-,13-6+. The van der Waals surface area contributed by atoms with Gasteiger partial charge in [-0.1, -0.05) is 46.7 Å². The SMILES string of the molecule is C/C=C\C(=C/CC)CCC(=O)Nc1ccc(Br)cc1. The van der Waals surface area contributed by atoms with Gasteiger partial charge in [0.05, 0.1) is 0 Å². The molecule has 0 aliphatic heterocycles. The Hall–Kier alpha value is -1.35. The minimum atomic E-state index is 0.0498. The number of hydrogen-bond acceptors (Lipinski definition) is 1. The van der Waals surface area contributed by atoms with Gasteiger partial charge in [0, 0.05) is 16.6 Å². The number of rotatable bonds is 6. The Balaban J connectivity index is 2.47. The van der Waals surface area contributed by atoms with Gasteiger partial charge in [0.2, 0.25) is 5.91 Å². The first kappa shape index (κ1) is 15.7. The lowest BCUT2D eigenvalue weighted by atomic mass is 10.1. The van der Waals surface area contributed by atoms with Crippen LogP contribution in [-0.4, -0.2) is 5.91 Å². The van der Waals surface area contributed by atoms with Crippen molar-refractivity contribution in [1.82, 2.24) is 0 Å². The van der Waals surface area contributed by atoms with Crippen LogP contribution in [0.5, 0.6) is 0 Å². The van der Waals surface area contributed by atoms with Crippen LogP contribution >= 0.6 is 15.9 Å². The molecular weight excluding hydrogens is 302 g/mol. The highest BCUT2D eigenvalue weighted by molar-refractivity contribution is 9.10. The van der Waals surface area contributed by atoms with Gasteiger partial charge in [-0.05, 0) is 44.0 Å².